The molecule has 0 radical (unpaired) electrons. The molecule has 12 nitrogen and oxygen atoms in total. The van der Waals surface area contributed by atoms with Gasteiger partial charge in [-0.05, 0) is 89.9 Å². The second kappa shape index (κ2) is 19.3. The minimum absolute atomic E-state index is 0.0223. The average Bonchev–Trinajstić information content (AvgIpc) is 3.27. The summed E-state index contributed by atoms with van der Waals surface area (Å²) in [5.41, 5.74) is 1.40. The van der Waals surface area contributed by atoms with E-state index in [0.717, 1.165) is 21.6 Å². The SMILES string of the molecule is C[C@@H](O[Si](C)(C)C(C)(C)C)[C@H]1C(=O)N(C(C(=O)OCc2ccc([N+](=O)[O-])cc2)=P(c2ccccc2)(c2ccccc2)c2ccccc2)[C@H]1[C@@H](C)C(=O)OC(=O)c1ccc(N(C)C)cc1. The van der Waals surface area contributed by atoms with Crippen molar-refractivity contribution < 1.29 is 38.0 Å². The molecule has 334 valence electrons. The van der Waals surface area contributed by atoms with Crippen molar-refractivity contribution in [2.24, 2.45) is 11.8 Å². The Labute approximate surface area is 376 Å². The van der Waals surface area contributed by atoms with E-state index in [1.54, 1.807) is 31.2 Å². The lowest BCUT2D eigenvalue weighted by Crippen LogP contribution is -2.71. The zero-order valence-electron chi connectivity index (χ0n) is 37.8. The van der Waals surface area contributed by atoms with E-state index >= 15 is 9.59 Å². The summed E-state index contributed by atoms with van der Waals surface area (Å²) in [5, 5.41) is 13.4. The second-order valence-electron chi connectivity index (χ2n) is 17.7. The number of ether oxygens (including phenoxy) is 2. The van der Waals surface area contributed by atoms with Crippen LogP contribution in [0.2, 0.25) is 18.1 Å². The Bertz CT molecular complexity index is 2440. The van der Waals surface area contributed by atoms with Gasteiger partial charge in [-0.3, -0.25) is 19.7 Å². The highest BCUT2D eigenvalue weighted by atomic mass is 31.2. The van der Waals surface area contributed by atoms with E-state index in [2.05, 4.69) is 33.9 Å². The van der Waals surface area contributed by atoms with E-state index in [9.17, 15) is 19.7 Å². The molecular formula is C50H56N3O9PSi. The number of nitro groups is 1. The summed E-state index contributed by atoms with van der Waals surface area (Å²) in [5.74, 6) is -5.09. The number of non-ortho nitro benzene ring substituents is 1. The number of esters is 3. The number of amides is 1. The normalized spacial score (nSPS) is 16.2. The molecule has 1 saturated heterocycles. The summed E-state index contributed by atoms with van der Waals surface area (Å²) >= 11 is 0. The first-order valence-corrected chi connectivity index (χ1v) is 25.9. The van der Waals surface area contributed by atoms with Gasteiger partial charge >= 0.3 is 17.9 Å². The molecule has 4 atom stereocenters. The van der Waals surface area contributed by atoms with Gasteiger partial charge in [0.2, 0.25) is 5.91 Å². The maximum atomic E-state index is 15.5. The number of carbonyl (C=O) groups excluding carboxylic acids is 4. The van der Waals surface area contributed by atoms with Gasteiger partial charge in [-0.2, -0.15) is 0 Å². The van der Waals surface area contributed by atoms with Crippen LogP contribution < -0.4 is 20.8 Å². The summed E-state index contributed by atoms with van der Waals surface area (Å²) in [6.07, 6.45) is -0.713. The molecule has 0 N–H and O–H groups in total. The second-order valence-corrected chi connectivity index (χ2v) is 25.8. The Morgan fingerprint density at radius 3 is 1.70 bits per heavy atom. The predicted molar refractivity (Wildman–Crippen MR) is 255 cm³/mol. The number of carbonyl (C=O) groups is 4. The summed E-state index contributed by atoms with van der Waals surface area (Å²) in [7, 11) is 1.22. The fourth-order valence-corrected chi connectivity index (χ4v) is 13.7. The minimum Gasteiger partial charge on any atom is -0.456 e. The summed E-state index contributed by atoms with van der Waals surface area (Å²) in [6.45, 7) is 10.2. The number of hydrogen-bond donors (Lipinski definition) is 0. The quantitative estimate of drug-likeness (QED) is 0.0192. The number of likely N-dealkylation sites (tertiary alicyclic amines) is 1. The fraction of sp³-hybridized carbons (Fsp3) is 0.300. The fourth-order valence-electron chi connectivity index (χ4n) is 7.88. The minimum atomic E-state index is -3.44. The highest BCUT2D eigenvalue weighted by molar-refractivity contribution is 7.96. The van der Waals surface area contributed by atoms with Gasteiger partial charge in [0.25, 0.3) is 5.69 Å². The molecule has 0 spiro atoms. The van der Waals surface area contributed by atoms with Gasteiger partial charge in [0.1, 0.15) is 12.0 Å². The van der Waals surface area contributed by atoms with Gasteiger partial charge in [0.15, 0.2) is 8.32 Å². The Hall–Kier alpha value is -6.14. The van der Waals surface area contributed by atoms with Crippen LogP contribution in [0.1, 0.15) is 50.5 Å². The van der Waals surface area contributed by atoms with E-state index in [0.29, 0.717) is 5.56 Å². The van der Waals surface area contributed by atoms with E-state index in [-0.39, 0.29) is 28.3 Å². The Morgan fingerprint density at radius 1 is 0.781 bits per heavy atom. The van der Waals surface area contributed by atoms with E-state index in [4.69, 9.17) is 13.9 Å². The molecule has 1 aliphatic heterocycles. The molecule has 0 aromatic heterocycles. The van der Waals surface area contributed by atoms with Crippen molar-refractivity contribution in [2.75, 3.05) is 19.0 Å². The van der Waals surface area contributed by atoms with Crippen molar-refractivity contribution >= 4 is 71.7 Å². The lowest BCUT2D eigenvalue weighted by molar-refractivity contribution is -0.384. The first-order valence-electron chi connectivity index (χ1n) is 21.2. The topological polar surface area (TPSA) is 146 Å². The standard InChI is InChI=1S/C50H56N3O9PSi/c1-34(47(55)61-48(56)37-27-31-38(32-28-37)51(6)7)44-43(35(2)62-64(8,9)50(3,4)5)45(54)52(44)46(49(57)60-33-36-25-29-39(30-26-36)53(58)59)63(40-19-13-10-14-20-40,41-21-15-11-16-22-41)42-23-17-12-18-24-42/h10-32,34-35,43-44H,33H2,1-9H3/t34-,35-,43-,44+/m1/s1. The van der Waals surface area contributed by atoms with Gasteiger partial charge in [0, 0.05) is 38.8 Å². The van der Waals surface area contributed by atoms with Crippen molar-refractivity contribution in [1.29, 1.82) is 0 Å². The van der Waals surface area contributed by atoms with Crippen LogP contribution in [0.4, 0.5) is 11.4 Å². The van der Waals surface area contributed by atoms with Crippen molar-refractivity contribution in [3.8, 4) is 0 Å². The van der Waals surface area contributed by atoms with Crippen molar-refractivity contribution in [3.05, 3.63) is 161 Å². The lowest BCUT2D eigenvalue weighted by atomic mass is 9.76. The predicted octanol–water partition coefficient (Wildman–Crippen LogP) is 8.09. The van der Waals surface area contributed by atoms with Crippen molar-refractivity contribution in [2.45, 2.75) is 71.5 Å². The summed E-state index contributed by atoms with van der Waals surface area (Å²) < 4.78 is 18.7. The maximum Gasteiger partial charge on any atom is 0.356 e. The molecule has 0 unspecified atom stereocenters. The molecule has 6 rings (SSSR count). The van der Waals surface area contributed by atoms with Crippen LogP contribution in [-0.4, -0.2) is 73.6 Å². The first kappa shape index (κ1) is 47.3. The Kier molecular flexibility index (Phi) is 14.3. The third-order valence-electron chi connectivity index (χ3n) is 12.4. The monoisotopic (exact) mass is 901 g/mol. The number of rotatable bonds is 15. The Balaban J connectivity index is 1.59. The molecule has 5 aromatic carbocycles. The smallest absolute Gasteiger partial charge is 0.356 e. The third kappa shape index (κ3) is 9.52. The molecule has 1 aliphatic rings. The van der Waals surface area contributed by atoms with Crippen LogP contribution >= 0.6 is 6.89 Å². The molecule has 1 heterocycles. The van der Waals surface area contributed by atoms with Crippen LogP contribution in [0.5, 0.6) is 0 Å². The number of anilines is 1. The molecule has 64 heavy (non-hydrogen) atoms. The Morgan fingerprint density at radius 2 is 1.27 bits per heavy atom. The van der Waals surface area contributed by atoms with E-state index in [1.807, 2.05) is 117 Å². The molecule has 1 amide bonds. The van der Waals surface area contributed by atoms with Gasteiger partial charge in [0.05, 0.1) is 34.5 Å². The van der Waals surface area contributed by atoms with Crippen molar-refractivity contribution in [1.82, 2.24) is 4.90 Å². The van der Waals surface area contributed by atoms with Crippen molar-refractivity contribution in [3.63, 3.8) is 0 Å². The third-order valence-corrected chi connectivity index (χ3v) is 21.2. The number of nitrogens with zero attached hydrogens (tertiary/aromatic N) is 3. The van der Waals surface area contributed by atoms with Gasteiger partial charge in [-0.1, -0.05) is 112 Å². The van der Waals surface area contributed by atoms with Crippen LogP contribution in [0, 0.1) is 22.0 Å². The number of β-lactam (4-membered cyclic amide) rings is 1. The lowest BCUT2D eigenvalue weighted by Gasteiger charge is -2.54. The molecule has 0 bridgehead atoms. The van der Waals surface area contributed by atoms with Crippen LogP contribution in [0.15, 0.2) is 140 Å². The van der Waals surface area contributed by atoms with Gasteiger partial charge in [-0.15, -0.1) is 0 Å². The van der Waals surface area contributed by atoms with Crippen LogP contribution in [0.25, 0.3) is 0 Å². The van der Waals surface area contributed by atoms with Gasteiger partial charge in [-0.25, -0.2) is 9.59 Å². The molecule has 1 fully saturated rings. The number of benzene rings is 5. The van der Waals surface area contributed by atoms with E-state index in [1.165, 1.54) is 29.2 Å². The largest absolute Gasteiger partial charge is 0.456 e. The highest BCUT2D eigenvalue weighted by Crippen LogP contribution is 2.51. The first-order chi connectivity index (χ1) is 30.3. The van der Waals surface area contributed by atoms with E-state index < -0.39 is 67.9 Å². The summed E-state index contributed by atoms with van der Waals surface area (Å²) in [6, 6.07) is 39.7. The number of nitro benzene ring substituents is 1. The molecule has 0 saturated carbocycles. The highest BCUT2D eigenvalue weighted by Gasteiger charge is 2.60. The zero-order valence-corrected chi connectivity index (χ0v) is 39.7. The molecular weight excluding hydrogens is 846 g/mol. The molecule has 0 aliphatic carbocycles. The summed E-state index contributed by atoms with van der Waals surface area (Å²) in [4.78, 5) is 73.2. The van der Waals surface area contributed by atoms with Crippen LogP contribution in [-0.2, 0) is 34.9 Å². The number of hydrogen-bond acceptors (Lipinski definition) is 10. The maximum absolute atomic E-state index is 15.5. The molecule has 14 heteroatoms. The molecule has 5 aromatic rings. The van der Waals surface area contributed by atoms with Gasteiger partial charge < -0.3 is 23.7 Å². The van der Waals surface area contributed by atoms with Crippen LogP contribution in [0.3, 0.4) is 0 Å². The zero-order chi connectivity index (χ0) is 46.6. The average molecular weight is 902 g/mol.